The molecule has 1 rings (SSSR count). The van der Waals surface area contributed by atoms with E-state index in [0.29, 0.717) is 22.7 Å². The Balaban J connectivity index is 3.06. The molecule has 0 fully saturated rings. The molecule has 0 saturated heterocycles. The Hall–Kier alpha value is -1.26. The minimum atomic E-state index is -3.72. The van der Waals surface area contributed by atoms with Gasteiger partial charge in [0.25, 0.3) is 10.2 Å². The highest BCUT2D eigenvalue weighted by Crippen LogP contribution is 2.21. The lowest BCUT2D eigenvalue weighted by molar-refractivity contribution is 0.305. The lowest BCUT2D eigenvalue weighted by atomic mass is 10.1. The predicted octanol–water partition coefficient (Wildman–Crippen LogP) is 2.12. The number of anilines is 1. The van der Waals surface area contributed by atoms with Crippen LogP contribution in [0.5, 0.6) is 0 Å². The summed E-state index contributed by atoms with van der Waals surface area (Å²) in [7, 11) is -3.72. The summed E-state index contributed by atoms with van der Waals surface area (Å²) in [6.07, 6.45) is 0.305. The van der Waals surface area contributed by atoms with Gasteiger partial charge in [0, 0.05) is 17.0 Å². The first-order valence-corrected chi connectivity index (χ1v) is 8.20. The van der Waals surface area contributed by atoms with E-state index in [4.69, 9.17) is 16.7 Å². The van der Waals surface area contributed by atoms with E-state index in [0.717, 1.165) is 0 Å². The van der Waals surface area contributed by atoms with Crippen molar-refractivity contribution < 1.29 is 13.5 Å². The zero-order valence-electron chi connectivity index (χ0n) is 12.2. The van der Waals surface area contributed by atoms with Crippen LogP contribution in [-0.2, 0) is 10.2 Å². The topological polar surface area (TPSA) is 78.4 Å². The standard InChI is InChI=1S/C14H19ClN2O3S/c1-14(2,3)17-21(19,20)16-13-8-7-12(15)10-11(13)6-4-5-9-18/h7-8,10,16-18H,5,9H2,1-3H3. The van der Waals surface area contributed by atoms with Gasteiger partial charge in [0.1, 0.15) is 0 Å². The number of benzene rings is 1. The minimum Gasteiger partial charge on any atom is -0.395 e. The number of hydrogen-bond donors (Lipinski definition) is 3. The smallest absolute Gasteiger partial charge is 0.299 e. The van der Waals surface area contributed by atoms with Gasteiger partial charge >= 0.3 is 0 Å². The second-order valence-corrected chi connectivity index (χ2v) is 7.27. The molecule has 0 heterocycles. The molecule has 0 aromatic heterocycles. The van der Waals surface area contributed by atoms with Crippen molar-refractivity contribution in [3.8, 4) is 11.8 Å². The SMILES string of the molecule is CC(C)(C)NS(=O)(=O)Nc1ccc(Cl)cc1C#CCCO. The van der Waals surface area contributed by atoms with E-state index < -0.39 is 15.7 Å². The molecule has 0 amide bonds. The van der Waals surface area contributed by atoms with E-state index in [1.165, 1.54) is 0 Å². The lowest BCUT2D eigenvalue weighted by Gasteiger charge is -2.21. The highest BCUT2D eigenvalue weighted by Gasteiger charge is 2.20. The molecule has 1 aromatic rings. The van der Waals surface area contributed by atoms with E-state index in [1.807, 2.05) is 0 Å². The summed E-state index contributed by atoms with van der Waals surface area (Å²) in [6.45, 7) is 5.18. The van der Waals surface area contributed by atoms with E-state index in [9.17, 15) is 8.42 Å². The van der Waals surface area contributed by atoms with Crippen LogP contribution in [0.1, 0.15) is 32.8 Å². The number of aliphatic hydroxyl groups excluding tert-OH is 1. The summed E-state index contributed by atoms with van der Waals surface area (Å²) < 4.78 is 29.0. The summed E-state index contributed by atoms with van der Waals surface area (Å²) in [5, 5.41) is 9.19. The van der Waals surface area contributed by atoms with Crippen LogP contribution in [0.2, 0.25) is 5.02 Å². The molecule has 0 atom stereocenters. The van der Waals surface area contributed by atoms with Gasteiger partial charge in [0.05, 0.1) is 17.9 Å². The van der Waals surface area contributed by atoms with E-state index in [2.05, 4.69) is 21.3 Å². The summed E-state index contributed by atoms with van der Waals surface area (Å²) in [5.41, 5.74) is 0.192. The van der Waals surface area contributed by atoms with Crippen LogP contribution in [0.25, 0.3) is 0 Å². The molecule has 0 saturated carbocycles. The molecule has 3 N–H and O–H groups in total. The Kier molecular flexibility index (Phi) is 6.05. The average molecular weight is 331 g/mol. The Morgan fingerprint density at radius 2 is 2.00 bits per heavy atom. The van der Waals surface area contributed by atoms with Crippen molar-refractivity contribution in [3.05, 3.63) is 28.8 Å². The van der Waals surface area contributed by atoms with Crippen LogP contribution in [0.4, 0.5) is 5.69 Å². The van der Waals surface area contributed by atoms with Gasteiger partial charge in [-0.1, -0.05) is 23.4 Å². The second kappa shape index (κ2) is 7.14. The first-order chi connectivity index (χ1) is 9.63. The number of nitrogens with one attached hydrogen (secondary N) is 2. The molecule has 21 heavy (non-hydrogen) atoms. The van der Waals surface area contributed by atoms with E-state index >= 15 is 0 Å². The quantitative estimate of drug-likeness (QED) is 0.740. The Morgan fingerprint density at radius 3 is 2.57 bits per heavy atom. The second-order valence-electron chi connectivity index (χ2n) is 5.42. The van der Waals surface area contributed by atoms with Crippen LogP contribution >= 0.6 is 11.6 Å². The molecule has 0 aliphatic carbocycles. The van der Waals surface area contributed by atoms with Crippen molar-refractivity contribution >= 4 is 27.5 Å². The van der Waals surface area contributed by atoms with Crippen molar-refractivity contribution in [1.29, 1.82) is 0 Å². The predicted molar refractivity (Wildman–Crippen MR) is 85.5 cm³/mol. The maximum atomic E-state index is 12.0. The maximum Gasteiger partial charge on any atom is 0.299 e. The fraction of sp³-hybridized carbons (Fsp3) is 0.429. The van der Waals surface area contributed by atoms with Gasteiger partial charge in [0.2, 0.25) is 0 Å². The molecular weight excluding hydrogens is 312 g/mol. The summed E-state index contributed by atoms with van der Waals surface area (Å²) in [4.78, 5) is 0. The minimum absolute atomic E-state index is 0.0554. The molecule has 5 nitrogen and oxygen atoms in total. The van der Waals surface area contributed by atoms with Gasteiger partial charge in [-0.15, -0.1) is 0 Å². The van der Waals surface area contributed by atoms with Crippen molar-refractivity contribution in [2.75, 3.05) is 11.3 Å². The normalized spacial score (nSPS) is 11.7. The summed E-state index contributed by atoms with van der Waals surface area (Å²) in [5.74, 6) is 5.53. The van der Waals surface area contributed by atoms with Gasteiger partial charge in [-0.05, 0) is 39.0 Å². The third-order valence-electron chi connectivity index (χ3n) is 2.13. The fourth-order valence-electron chi connectivity index (χ4n) is 1.50. The summed E-state index contributed by atoms with van der Waals surface area (Å²) in [6, 6.07) is 4.70. The van der Waals surface area contributed by atoms with Crippen molar-refractivity contribution in [1.82, 2.24) is 4.72 Å². The van der Waals surface area contributed by atoms with Crippen LogP contribution in [0.3, 0.4) is 0 Å². The van der Waals surface area contributed by atoms with Gasteiger partial charge in [-0.25, -0.2) is 0 Å². The van der Waals surface area contributed by atoms with Crippen LogP contribution in [0.15, 0.2) is 18.2 Å². The van der Waals surface area contributed by atoms with Crippen molar-refractivity contribution in [2.24, 2.45) is 0 Å². The molecule has 116 valence electrons. The molecule has 1 aromatic carbocycles. The molecule has 0 bridgehead atoms. The molecule has 0 aliphatic rings. The lowest BCUT2D eigenvalue weighted by Crippen LogP contribution is -2.43. The Labute approximate surface area is 130 Å². The number of hydrogen-bond acceptors (Lipinski definition) is 3. The van der Waals surface area contributed by atoms with Gasteiger partial charge in [-0.3, -0.25) is 4.72 Å². The summed E-state index contributed by atoms with van der Waals surface area (Å²) >= 11 is 5.90. The third-order valence-corrected chi connectivity index (χ3v) is 3.73. The zero-order valence-corrected chi connectivity index (χ0v) is 13.8. The largest absolute Gasteiger partial charge is 0.395 e. The van der Waals surface area contributed by atoms with E-state index in [1.54, 1.807) is 39.0 Å². The maximum absolute atomic E-state index is 12.0. The molecule has 7 heteroatoms. The van der Waals surface area contributed by atoms with Crippen LogP contribution in [-0.4, -0.2) is 25.7 Å². The van der Waals surface area contributed by atoms with Crippen LogP contribution in [0, 0.1) is 11.8 Å². The highest BCUT2D eigenvalue weighted by molar-refractivity contribution is 7.90. The molecule has 0 spiro atoms. The van der Waals surface area contributed by atoms with Crippen molar-refractivity contribution in [3.63, 3.8) is 0 Å². The van der Waals surface area contributed by atoms with E-state index in [-0.39, 0.29) is 6.61 Å². The average Bonchev–Trinajstić information content (AvgIpc) is 2.29. The fourth-order valence-corrected chi connectivity index (χ4v) is 2.99. The van der Waals surface area contributed by atoms with Gasteiger partial charge in [-0.2, -0.15) is 13.1 Å². The van der Waals surface area contributed by atoms with Gasteiger partial charge < -0.3 is 5.11 Å². The van der Waals surface area contributed by atoms with Crippen LogP contribution < -0.4 is 9.44 Å². The van der Waals surface area contributed by atoms with Gasteiger partial charge in [0.15, 0.2) is 0 Å². The first kappa shape index (κ1) is 17.8. The molecule has 0 radical (unpaired) electrons. The zero-order chi connectivity index (χ0) is 16.1. The number of halogens is 1. The molecule has 0 aliphatic heterocycles. The molecule has 0 unspecified atom stereocenters. The first-order valence-electron chi connectivity index (χ1n) is 6.34. The molecular formula is C14H19ClN2O3S. The Bertz CT molecular complexity index is 655. The highest BCUT2D eigenvalue weighted by atomic mass is 35.5. The third kappa shape index (κ3) is 6.82. The number of rotatable bonds is 4. The number of aliphatic hydroxyl groups is 1. The monoisotopic (exact) mass is 330 g/mol. The Morgan fingerprint density at radius 1 is 1.33 bits per heavy atom. The van der Waals surface area contributed by atoms with Crippen molar-refractivity contribution in [2.45, 2.75) is 32.7 Å².